The van der Waals surface area contributed by atoms with Gasteiger partial charge < -0.3 is 29.6 Å². The number of nitrogens with zero attached hydrogens (tertiary/aromatic N) is 1. The zero-order chi connectivity index (χ0) is 15.2. The van der Waals surface area contributed by atoms with Crippen LogP contribution in [0.2, 0.25) is 0 Å². The second-order valence-corrected chi connectivity index (χ2v) is 4.32. The van der Waals surface area contributed by atoms with Crippen molar-refractivity contribution in [2.24, 2.45) is 22.2 Å². The molecule has 0 saturated carbocycles. The van der Waals surface area contributed by atoms with E-state index in [4.69, 9.17) is 17.2 Å². The van der Waals surface area contributed by atoms with Crippen LogP contribution in [0.5, 0.6) is 0 Å². The van der Waals surface area contributed by atoms with Gasteiger partial charge in [-0.2, -0.15) is 0 Å². The standard InChI is InChI=1S/C15H15N5O.ClH/c16-14(17)20-15(18)19-12-8-6-11(7-9-12)13(21)10-4-2-1-3-5-10;/h1-9H,(H6,16,17,18,19,20);1H. The largest absolute Gasteiger partial charge is 1.00 e. The van der Waals surface area contributed by atoms with Gasteiger partial charge in [0.15, 0.2) is 5.78 Å². The molecule has 2 rings (SSSR count). The number of hydrogen-bond acceptors (Lipinski definition) is 2. The predicted molar refractivity (Wildman–Crippen MR) is 81.9 cm³/mol. The van der Waals surface area contributed by atoms with E-state index in [0.717, 1.165) is 0 Å². The Hall–Kier alpha value is -2.86. The van der Waals surface area contributed by atoms with E-state index >= 15 is 0 Å². The Morgan fingerprint density at radius 2 is 1.41 bits per heavy atom. The molecule has 0 atom stereocenters. The highest BCUT2D eigenvalue weighted by molar-refractivity contribution is 6.09. The van der Waals surface area contributed by atoms with Crippen molar-refractivity contribution in [3.8, 4) is 0 Å². The van der Waals surface area contributed by atoms with Crippen LogP contribution in [0.1, 0.15) is 15.9 Å². The van der Waals surface area contributed by atoms with Crippen LogP contribution in [0.25, 0.3) is 0 Å². The summed E-state index contributed by atoms with van der Waals surface area (Å²) in [6.07, 6.45) is 0. The molecule has 2 aromatic rings. The normalized spacial score (nSPS) is 10.5. The van der Waals surface area contributed by atoms with Crippen molar-refractivity contribution < 1.29 is 22.2 Å². The minimum atomic E-state index is -0.0447. The van der Waals surface area contributed by atoms with Gasteiger partial charge in [0.05, 0.1) is 0 Å². The fraction of sp³-hybridized carbons (Fsp3) is 0. The first-order chi connectivity index (χ1) is 10.1. The Bertz CT molecular complexity index is 692. The Balaban J connectivity index is 0.00000242. The molecule has 0 unspecified atom stereocenters. The number of nitrogens with one attached hydrogen (secondary N) is 1. The third-order valence-electron chi connectivity index (χ3n) is 2.69. The third-order valence-corrected chi connectivity index (χ3v) is 2.69. The molecule has 0 aliphatic heterocycles. The first-order valence-electron chi connectivity index (χ1n) is 6.25. The Morgan fingerprint density at radius 1 is 0.864 bits per heavy atom. The van der Waals surface area contributed by atoms with Crippen LogP contribution in [-0.2, 0) is 0 Å². The summed E-state index contributed by atoms with van der Waals surface area (Å²) in [5.41, 5.74) is 17.9. The predicted octanol–water partition coefficient (Wildman–Crippen LogP) is -3.78. The van der Waals surface area contributed by atoms with Gasteiger partial charge in [-0.15, -0.1) is 4.99 Å². The molecule has 0 fully saturated rings. The SMILES string of the molecule is NC(=Nc1ccc(C(=O)c2ccccc2)cc1)[NH+]=C(N)N.[Cl-]. The van der Waals surface area contributed by atoms with Crippen molar-refractivity contribution in [3.05, 3.63) is 65.7 Å². The fourth-order valence-electron chi connectivity index (χ4n) is 1.76. The lowest BCUT2D eigenvalue weighted by Gasteiger charge is -2.01. The summed E-state index contributed by atoms with van der Waals surface area (Å²) in [7, 11) is 0. The molecular weight excluding hydrogens is 302 g/mol. The van der Waals surface area contributed by atoms with Gasteiger partial charge >= 0.3 is 5.96 Å². The molecule has 22 heavy (non-hydrogen) atoms. The van der Waals surface area contributed by atoms with Crippen molar-refractivity contribution in [1.29, 1.82) is 0 Å². The maximum absolute atomic E-state index is 12.2. The highest BCUT2D eigenvalue weighted by atomic mass is 35.5. The van der Waals surface area contributed by atoms with Crippen molar-refractivity contribution in [2.45, 2.75) is 0 Å². The summed E-state index contributed by atoms with van der Waals surface area (Å²) in [6, 6.07) is 15.8. The molecule has 7 heteroatoms. The average molecular weight is 318 g/mol. The molecule has 0 saturated heterocycles. The molecule has 0 aliphatic rings. The van der Waals surface area contributed by atoms with E-state index in [1.807, 2.05) is 18.2 Å². The van der Waals surface area contributed by atoms with Crippen LogP contribution in [0.15, 0.2) is 59.6 Å². The fourth-order valence-corrected chi connectivity index (χ4v) is 1.76. The molecule has 0 bridgehead atoms. The van der Waals surface area contributed by atoms with Gasteiger partial charge in [0.2, 0.25) is 0 Å². The van der Waals surface area contributed by atoms with E-state index in [0.29, 0.717) is 16.8 Å². The Labute approximate surface area is 134 Å². The Morgan fingerprint density at radius 3 is 1.95 bits per heavy atom. The molecular formula is C15H16ClN5O. The van der Waals surface area contributed by atoms with Gasteiger partial charge in [0.1, 0.15) is 5.69 Å². The van der Waals surface area contributed by atoms with Gasteiger partial charge in [-0.05, 0) is 24.3 Å². The lowest BCUT2D eigenvalue weighted by molar-refractivity contribution is -0.320. The van der Waals surface area contributed by atoms with E-state index in [1.165, 1.54) is 0 Å². The van der Waals surface area contributed by atoms with Crippen molar-refractivity contribution in [3.63, 3.8) is 0 Å². The van der Waals surface area contributed by atoms with E-state index in [9.17, 15) is 4.79 Å². The van der Waals surface area contributed by atoms with E-state index in [-0.39, 0.29) is 30.1 Å². The highest BCUT2D eigenvalue weighted by Gasteiger charge is 2.08. The number of rotatable bonds is 3. The number of guanidine groups is 2. The van der Waals surface area contributed by atoms with Crippen molar-refractivity contribution in [2.75, 3.05) is 0 Å². The third kappa shape index (κ3) is 4.60. The summed E-state index contributed by atoms with van der Waals surface area (Å²) in [4.78, 5) is 18.8. The van der Waals surface area contributed by atoms with Crippen LogP contribution in [0.3, 0.4) is 0 Å². The lowest BCUT2D eigenvalue weighted by atomic mass is 10.0. The number of aliphatic imine (C=N–C) groups is 1. The zero-order valence-electron chi connectivity index (χ0n) is 11.7. The molecule has 0 radical (unpaired) electrons. The number of ketones is 1. The number of nitrogens with two attached hydrogens (primary N) is 3. The van der Waals surface area contributed by atoms with Crippen LogP contribution in [0.4, 0.5) is 5.69 Å². The first-order valence-corrected chi connectivity index (χ1v) is 6.25. The second-order valence-electron chi connectivity index (χ2n) is 4.32. The summed E-state index contributed by atoms with van der Waals surface area (Å²) in [5.74, 6) is 0.000948. The maximum atomic E-state index is 12.2. The highest BCUT2D eigenvalue weighted by Crippen LogP contribution is 2.15. The quantitative estimate of drug-likeness (QED) is 0.264. The molecule has 0 aliphatic carbocycles. The van der Waals surface area contributed by atoms with Crippen LogP contribution in [0, 0.1) is 0 Å². The minimum absolute atomic E-state index is 0. The molecule has 6 nitrogen and oxygen atoms in total. The number of carbonyl (C=O) groups excluding carboxylic acids is 1. The zero-order valence-corrected chi connectivity index (χ0v) is 12.4. The summed E-state index contributed by atoms with van der Waals surface area (Å²) >= 11 is 0. The number of halogens is 1. The maximum Gasteiger partial charge on any atom is 0.316 e. The lowest BCUT2D eigenvalue weighted by Crippen LogP contribution is -3.00. The van der Waals surface area contributed by atoms with Crippen molar-refractivity contribution >= 4 is 23.4 Å². The van der Waals surface area contributed by atoms with E-state index in [1.54, 1.807) is 36.4 Å². The molecule has 0 spiro atoms. The van der Waals surface area contributed by atoms with Crippen LogP contribution >= 0.6 is 0 Å². The number of hydrogen-bond donors (Lipinski definition) is 4. The Kier molecular flexibility index (Phi) is 6.09. The monoisotopic (exact) mass is 317 g/mol. The van der Waals surface area contributed by atoms with Gasteiger partial charge in [-0.1, -0.05) is 30.3 Å². The van der Waals surface area contributed by atoms with E-state index < -0.39 is 0 Å². The molecule has 7 N–H and O–H groups in total. The summed E-state index contributed by atoms with van der Waals surface area (Å²) in [6.45, 7) is 0. The summed E-state index contributed by atoms with van der Waals surface area (Å²) < 4.78 is 0. The second kappa shape index (κ2) is 7.80. The summed E-state index contributed by atoms with van der Waals surface area (Å²) in [5, 5.41) is 0. The van der Waals surface area contributed by atoms with Gasteiger partial charge in [-0.3, -0.25) is 4.79 Å². The molecule has 0 amide bonds. The van der Waals surface area contributed by atoms with Crippen LogP contribution < -0.4 is 34.6 Å². The van der Waals surface area contributed by atoms with Crippen LogP contribution in [-0.4, -0.2) is 17.7 Å². The molecule has 0 aromatic heterocycles. The van der Waals surface area contributed by atoms with Gasteiger partial charge in [0, 0.05) is 11.1 Å². The average Bonchev–Trinajstić information content (AvgIpc) is 2.47. The number of benzene rings is 2. The first kappa shape index (κ1) is 17.2. The van der Waals surface area contributed by atoms with Gasteiger partial charge in [0.25, 0.3) is 5.96 Å². The molecule has 2 aromatic carbocycles. The van der Waals surface area contributed by atoms with E-state index in [2.05, 4.69) is 9.98 Å². The molecule has 0 heterocycles. The van der Waals surface area contributed by atoms with Crippen molar-refractivity contribution in [1.82, 2.24) is 0 Å². The smallest absolute Gasteiger partial charge is 0.316 e. The number of carbonyl (C=O) groups is 1. The minimum Gasteiger partial charge on any atom is -1.00 e. The molecule has 114 valence electrons. The topological polar surface area (TPSA) is 121 Å². The van der Waals surface area contributed by atoms with Gasteiger partial charge in [-0.25, -0.2) is 4.99 Å².